The quantitative estimate of drug-likeness (QED) is 0.518. The number of halogens is 1. The van der Waals surface area contributed by atoms with Crippen LogP contribution in [0.5, 0.6) is 0 Å². The summed E-state index contributed by atoms with van der Waals surface area (Å²) in [7, 11) is 1.34. The lowest BCUT2D eigenvalue weighted by Gasteiger charge is -2.12. The van der Waals surface area contributed by atoms with Crippen molar-refractivity contribution in [2.45, 2.75) is 6.54 Å². The molecule has 26 heavy (non-hydrogen) atoms. The fourth-order valence-electron chi connectivity index (χ4n) is 2.76. The van der Waals surface area contributed by atoms with Gasteiger partial charge in [0, 0.05) is 27.8 Å². The number of rotatable bonds is 4. The van der Waals surface area contributed by atoms with E-state index in [0.29, 0.717) is 12.1 Å². The van der Waals surface area contributed by atoms with E-state index < -0.39 is 5.97 Å². The summed E-state index contributed by atoms with van der Waals surface area (Å²) in [6, 6.07) is 11.1. The average molecular weight is 412 g/mol. The molecule has 0 unspecified atom stereocenters. The summed E-state index contributed by atoms with van der Waals surface area (Å²) in [6.07, 6.45) is 3.45. The number of pyridine rings is 1. The number of nitrogens with zero attached hydrogens (tertiary/aromatic N) is 4. The van der Waals surface area contributed by atoms with Crippen LogP contribution in [0, 0.1) is 0 Å². The number of carbonyl (C=O) groups excluding carboxylic acids is 1. The van der Waals surface area contributed by atoms with E-state index in [1.807, 2.05) is 30.3 Å². The molecule has 3 aromatic heterocycles. The first-order valence-electron chi connectivity index (χ1n) is 7.86. The molecular weight excluding hydrogens is 398 g/mol. The molecule has 1 aromatic carbocycles. The predicted molar refractivity (Wildman–Crippen MR) is 101 cm³/mol. The Hall–Kier alpha value is -3.00. The maximum absolute atomic E-state index is 11.9. The Balaban J connectivity index is 1.75. The summed E-state index contributed by atoms with van der Waals surface area (Å²) >= 11 is 3.48. The highest BCUT2D eigenvalue weighted by Gasteiger charge is 2.13. The van der Waals surface area contributed by atoms with Gasteiger partial charge in [-0.1, -0.05) is 15.9 Å². The van der Waals surface area contributed by atoms with Crippen LogP contribution in [-0.4, -0.2) is 32.7 Å². The lowest BCUT2D eigenvalue weighted by molar-refractivity contribution is 0.0594. The van der Waals surface area contributed by atoms with Crippen molar-refractivity contribution in [2.75, 3.05) is 12.4 Å². The Morgan fingerprint density at radius 1 is 1.23 bits per heavy atom. The number of carbonyl (C=O) groups is 1. The van der Waals surface area contributed by atoms with Crippen LogP contribution >= 0.6 is 15.9 Å². The van der Waals surface area contributed by atoms with Crippen LogP contribution in [0.15, 0.2) is 53.3 Å². The van der Waals surface area contributed by atoms with Crippen molar-refractivity contribution < 1.29 is 9.53 Å². The molecule has 8 heteroatoms. The van der Waals surface area contributed by atoms with E-state index >= 15 is 0 Å². The minimum absolute atomic E-state index is 0.254. The van der Waals surface area contributed by atoms with E-state index in [4.69, 9.17) is 4.74 Å². The summed E-state index contributed by atoms with van der Waals surface area (Å²) in [6.45, 7) is 0.507. The molecule has 4 rings (SSSR count). The molecule has 0 fully saturated rings. The van der Waals surface area contributed by atoms with Gasteiger partial charge < -0.3 is 10.1 Å². The molecule has 0 aliphatic heterocycles. The van der Waals surface area contributed by atoms with E-state index in [1.165, 1.54) is 7.11 Å². The monoisotopic (exact) mass is 411 g/mol. The molecule has 4 aromatic rings. The Kier molecular flexibility index (Phi) is 4.26. The summed E-state index contributed by atoms with van der Waals surface area (Å²) < 4.78 is 7.51. The van der Waals surface area contributed by atoms with Crippen molar-refractivity contribution in [3.8, 4) is 0 Å². The number of hydrogen-bond acceptors (Lipinski definition) is 6. The number of esters is 1. The van der Waals surface area contributed by atoms with Gasteiger partial charge in [0.15, 0.2) is 11.3 Å². The molecule has 130 valence electrons. The Bertz CT molecular complexity index is 1130. The second-order valence-corrected chi connectivity index (χ2v) is 6.51. The second-order valence-electron chi connectivity index (χ2n) is 5.60. The first-order valence-corrected chi connectivity index (χ1v) is 8.65. The lowest BCUT2D eigenvalue weighted by atomic mass is 10.1. The summed E-state index contributed by atoms with van der Waals surface area (Å²) in [5.41, 5.74) is 3.47. The Morgan fingerprint density at radius 2 is 2.12 bits per heavy atom. The molecule has 0 atom stereocenters. The van der Waals surface area contributed by atoms with Crippen molar-refractivity contribution in [1.82, 2.24) is 19.6 Å². The zero-order valence-corrected chi connectivity index (χ0v) is 15.4. The Morgan fingerprint density at radius 3 is 2.96 bits per heavy atom. The van der Waals surface area contributed by atoms with Crippen LogP contribution in [0.4, 0.5) is 5.69 Å². The van der Waals surface area contributed by atoms with Crippen molar-refractivity contribution in [3.05, 3.63) is 64.7 Å². The molecular formula is C18H14BrN5O2. The second kappa shape index (κ2) is 6.72. The molecule has 0 aliphatic carbocycles. The zero-order chi connectivity index (χ0) is 18.1. The van der Waals surface area contributed by atoms with Gasteiger partial charge in [-0.2, -0.15) is 5.10 Å². The van der Waals surface area contributed by atoms with Crippen LogP contribution in [0.2, 0.25) is 0 Å². The molecule has 7 nitrogen and oxygen atoms in total. The Labute approximate surface area is 157 Å². The smallest absolute Gasteiger partial charge is 0.356 e. The van der Waals surface area contributed by atoms with Crippen molar-refractivity contribution in [2.24, 2.45) is 0 Å². The fraction of sp³-hybridized carbons (Fsp3) is 0.111. The number of benzene rings is 1. The summed E-state index contributed by atoms with van der Waals surface area (Å²) in [5, 5.41) is 8.56. The van der Waals surface area contributed by atoms with Crippen LogP contribution < -0.4 is 5.32 Å². The molecule has 0 bridgehead atoms. The van der Waals surface area contributed by atoms with Gasteiger partial charge in [-0.05, 0) is 30.3 Å². The highest BCUT2D eigenvalue weighted by atomic mass is 79.9. The molecule has 0 spiro atoms. The van der Waals surface area contributed by atoms with E-state index in [1.54, 1.807) is 23.0 Å². The molecule has 0 amide bonds. The van der Waals surface area contributed by atoms with Crippen LogP contribution in [0.25, 0.3) is 16.6 Å². The highest BCUT2D eigenvalue weighted by Crippen LogP contribution is 2.27. The number of methoxy groups -OCH3 is 1. The SMILES string of the molecule is COC(=O)c1cc(NCc2ccnc3ccnn23)c2cc(Br)ccc2n1. The van der Waals surface area contributed by atoms with Crippen LogP contribution in [0.1, 0.15) is 16.2 Å². The minimum atomic E-state index is -0.476. The third-order valence-corrected chi connectivity index (χ3v) is 4.49. The van der Waals surface area contributed by atoms with Gasteiger partial charge in [0.25, 0.3) is 0 Å². The summed E-state index contributed by atoms with van der Waals surface area (Å²) in [5.74, 6) is -0.476. The van der Waals surface area contributed by atoms with Crippen molar-refractivity contribution >= 4 is 44.1 Å². The number of nitrogens with one attached hydrogen (secondary N) is 1. The number of aromatic nitrogens is 4. The van der Waals surface area contributed by atoms with Crippen LogP contribution in [-0.2, 0) is 11.3 Å². The molecule has 0 saturated heterocycles. The van der Waals surface area contributed by atoms with E-state index in [-0.39, 0.29) is 5.69 Å². The number of ether oxygens (including phenoxy) is 1. The molecule has 0 aliphatic rings. The highest BCUT2D eigenvalue weighted by molar-refractivity contribution is 9.10. The summed E-state index contributed by atoms with van der Waals surface area (Å²) in [4.78, 5) is 20.6. The zero-order valence-electron chi connectivity index (χ0n) is 13.8. The van der Waals surface area contributed by atoms with Crippen LogP contribution in [0.3, 0.4) is 0 Å². The number of fused-ring (bicyclic) bond motifs is 2. The normalized spacial score (nSPS) is 11.0. The van der Waals surface area contributed by atoms with Gasteiger partial charge in [-0.3, -0.25) is 0 Å². The maximum atomic E-state index is 11.9. The van der Waals surface area contributed by atoms with Gasteiger partial charge in [-0.25, -0.2) is 19.3 Å². The van der Waals surface area contributed by atoms with Crippen molar-refractivity contribution in [1.29, 1.82) is 0 Å². The first-order chi connectivity index (χ1) is 12.7. The van der Waals surface area contributed by atoms with Gasteiger partial charge in [0.2, 0.25) is 0 Å². The molecule has 0 radical (unpaired) electrons. The van der Waals surface area contributed by atoms with E-state index in [2.05, 4.69) is 36.3 Å². The van der Waals surface area contributed by atoms with E-state index in [0.717, 1.165) is 26.9 Å². The molecule has 1 N–H and O–H groups in total. The van der Waals surface area contributed by atoms with Crippen molar-refractivity contribution in [3.63, 3.8) is 0 Å². The first kappa shape index (κ1) is 16.5. The average Bonchev–Trinajstić information content (AvgIpc) is 3.14. The standard InChI is InChI=1S/C18H14BrN5O2/c1-26-18(25)16-9-15(13-8-11(19)2-3-14(13)23-16)21-10-12-4-6-20-17-5-7-22-24(12)17/h2-9H,10H2,1H3,(H,21,23). The predicted octanol–water partition coefficient (Wildman–Crippen LogP) is 3.44. The van der Waals surface area contributed by atoms with Gasteiger partial charge >= 0.3 is 5.97 Å². The fourth-order valence-corrected chi connectivity index (χ4v) is 3.12. The third kappa shape index (κ3) is 2.99. The number of anilines is 1. The van der Waals surface area contributed by atoms with Gasteiger partial charge in [0.1, 0.15) is 0 Å². The van der Waals surface area contributed by atoms with Gasteiger partial charge in [-0.15, -0.1) is 0 Å². The molecule has 0 saturated carbocycles. The number of hydrogen-bond donors (Lipinski definition) is 1. The largest absolute Gasteiger partial charge is 0.464 e. The topological polar surface area (TPSA) is 81.4 Å². The molecule has 3 heterocycles. The lowest BCUT2D eigenvalue weighted by Crippen LogP contribution is -2.09. The third-order valence-electron chi connectivity index (χ3n) is 3.99. The van der Waals surface area contributed by atoms with Gasteiger partial charge in [0.05, 0.1) is 31.1 Å². The minimum Gasteiger partial charge on any atom is -0.464 e. The maximum Gasteiger partial charge on any atom is 0.356 e. The van der Waals surface area contributed by atoms with E-state index in [9.17, 15) is 4.79 Å².